The second-order valence-electron chi connectivity index (χ2n) is 14.4. The summed E-state index contributed by atoms with van der Waals surface area (Å²) in [6.07, 6.45) is 13.5. The van der Waals surface area contributed by atoms with Crippen molar-refractivity contribution in [2.45, 2.75) is 143 Å². The minimum absolute atomic E-state index is 0.00201. The molecular weight excluding hydrogens is 408 g/mol. The molecule has 4 rings (SSSR count). The summed E-state index contributed by atoms with van der Waals surface area (Å²) in [6, 6.07) is 0. The van der Waals surface area contributed by atoms with Crippen LogP contribution in [0.15, 0.2) is 11.6 Å². The maximum atomic E-state index is 11.8. The molecule has 0 spiro atoms. The van der Waals surface area contributed by atoms with Crippen molar-refractivity contribution in [1.29, 1.82) is 0 Å². The van der Waals surface area contributed by atoms with Gasteiger partial charge in [0.2, 0.25) is 0 Å². The van der Waals surface area contributed by atoms with Gasteiger partial charge in [0.25, 0.3) is 0 Å². The third-order valence-corrected chi connectivity index (χ3v) is 11.5. The predicted molar refractivity (Wildman–Crippen MR) is 136 cm³/mol. The van der Waals surface area contributed by atoms with Gasteiger partial charge in [0, 0.05) is 0 Å². The lowest BCUT2D eigenvalue weighted by Gasteiger charge is -2.63. The largest absolute Gasteiger partial charge is 0.393 e. The Balaban J connectivity index is 1.40. The summed E-state index contributed by atoms with van der Waals surface area (Å²) in [4.78, 5) is 0. The van der Waals surface area contributed by atoms with E-state index in [-0.39, 0.29) is 27.9 Å². The number of aliphatic hydroxyl groups excluding tert-OH is 1. The molecule has 1 aliphatic heterocycles. The summed E-state index contributed by atoms with van der Waals surface area (Å²) in [5, 5.41) is 22.5. The highest BCUT2D eigenvalue weighted by Crippen LogP contribution is 2.71. The Kier molecular flexibility index (Phi) is 6.50. The van der Waals surface area contributed by atoms with E-state index in [4.69, 9.17) is 4.74 Å². The fourth-order valence-corrected chi connectivity index (χ4v) is 9.32. The Hall–Kier alpha value is -0.380. The normalized spacial score (nSPS) is 45.8. The highest BCUT2D eigenvalue weighted by molar-refractivity contribution is 5.15. The topological polar surface area (TPSA) is 53.0 Å². The number of epoxide rings is 1. The molecular formula is C30H52O3. The van der Waals surface area contributed by atoms with Gasteiger partial charge in [0.1, 0.15) is 0 Å². The molecule has 33 heavy (non-hydrogen) atoms. The fraction of sp³-hybridized carbons (Fsp3) is 0.933. The summed E-state index contributed by atoms with van der Waals surface area (Å²) >= 11 is 0. The van der Waals surface area contributed by atoms with Crippen LogP contribution in [0.2, 0.25) is 0 Å². The van der Waals surface area contributed by atoms with Crippen molar-refractivity contribution < 1.29 is 14.9 Å². The second-order valence-corrected chi connectivity index (χ2v) is 14.4. The third-order valence-electron chi connectivity index (χ3n) is 11.5. The van der Waals surface area contributed by atoms with E-state index in [2.05, 4.69) is 61.5 Å². The smallest absolute Gasteiger partial charge is 0.0892 e. The van der Waals surface area contributed by atoms with Crippen LogP contribution in [-0.4, -0.2) is 33.6 Å². The van der Waals surface area contributed by atoms with Gasteiger partial charge >= 0.3 is 0 Å². The monoisotopic (exact) mass is 460 g/mol. The molecule has 0 unspecified atom stereocenters. The molecule has 0 aromatic heterocycles. The molecule has 2 N–H and O–H groups in total. The highest BCUT2D eigenvalue weighted by Gasteiger charge is 2.65. The van der Waals surface area contributed by atoms with Gasteiger partial charge in [0.05, 0.1) is 23.4 Å². The van der Waals surface area contributed by atoms with Crippen molar-refractivity contribution in [2.75, 3.05) is 0 Å². The number of rotatable bonds is 7. The average molecular weight is 461 g/mol. The molecule has 0 aromatic rings. The van der Waals surface area contributed by atoms with Crippen molar-refractivity contribution in [3.63, 3.8) is 0 Å². The number of ether oxygens (including phenoxy) is 1. The standard InChI is InChI=1S/C30H52O3/c1-20(11-14-25-27(4,5)33-25)10-9-17-30(8,32)23-13-12-22-28(6)19-16-24(31)26(2,3)21(28)15-18-29(22,23)7/h10,21-25,31-32H,9,11-19H2,1-8H3/b20-10+/t21-,22+,23+,24-,25-,28-,29+,30-/m0/s1. The number of fused-ring (bicyclic) bond motifs is 3. The van der Waals surface area contributed by atoms with Crippen LogP contribution in [-0.2, 0) is 4.74 Å². The van der Waals surface area contributed by atoms with E-state index in [1.54, 1.807) is 0 Å². The van der Waals surface area contributed by atoms with Gasteiger partial charge in [-0.05, 0) is 126 Å². The van der Waals surface area contributed by atoms with Crippen LogP contribution in [0.3, 0.4) is 0 Å². The van der Waals surface area contributed by atoms with Crippen molar-refractivity contribution in [3.8, 4) is 0 Å². The Morgan fingerprint density at radius 1 is 0.970 bits per heavy atom. The van der Waals surface area contributed by atoms with E-state index in [0.29, 0.717) is 23.9 Å². The minimum atomic E-state index is -0.616. The van der Waals surface area contributed by atoms with E-state index in [0.717, 1.165) is 44.9 Å². The number of allylic oxidation sites excluding steroid dienone is 2. The van der Waals surface area contributed by atoms with Gasteiger partial charge in [-0.15, -0.1) is 0 Å². The molecule has 1 saturated heterocycles. The van der Waals surface area contributed by atoms with Crippen LogP contribution in [0.1, 0.15) is 120 Å². The molecule has 8 atom stereocenters. The SMILES string of the molecule is C/C(=C\CC[C@](C)(O)[C@@H]1CC[C@H]2[C@@]1(C)CC[C@H]1C(C)(C)[C@@H](O)CC[C@]21C)CC[C@@H]1OC1(C)C. The summed E-state index contributed by atoms with van der Waals surface area (Å²) in [5.74, 6) is 1.62. The van der Waals surface area contributed by atoms with E-state index < -0.39 is 5.60 Å². The van der Waals surface area contributed by atoms with Gasteiger partial charge in [-0.25, -0.2) is 0 Å². The van der Waals surface area contributed by atoms with Gasteiger partial charge in [0.15, 0.2) is 0 Å². The number of hydrogen-bond acceptors (Lipinski definition) is 3. The first kappa shape index (κ1) is 25.7. The zero-order valence-electron chi connectivity index (χ0n) is 22.8. The number of hydrogen-bond donors (Lipinski definition) is 2. The van der Waals surface area contributed by atoms with E-state index in [9.17, 15) is 10.2 Å². The molecule has 0 aromatic carbocycles. The Morgan fingerprint density at radius 3 is 2.24 bits per heavy atom. The molecule has 3 nitrogen and oxygen atoms in total. The summed E-state index contributed by atoms with van der Waals surface area (Å²) in [6.45, 7) is 18.3. The quantitative estimate of drug-likeness (QED) is 0.316. The van der Waals surface area contributed by atoms with Gasteiger partial charge in [-0.2, -0.15) is 0 Å². The van der Waals surface area contributed by atoms with Crippen molar-refractivity contribution >= 4 is 0 Å². The van der Waals surface area contributed by atoms with Crippen LogP contribution in [0.4, 0.5) is 0 Å². The fourth-order valence-electron chi connectivity index (χ4n) is 9.32. The molecule has 190 valence electrons. The van der Waals surface area contributed by atoms with Gasteiger partial charge in [-0.3, -0.25) is 0 Å². The molecule has 0 amide bonds. The first-order valence-corrected chi connectivity index (χ1v) is 13.9. The molecule has 4 fully saturated rings. The average Bonchev–Trinajstić information content (AvgIpc) is 3.13. The van der Waals surface area contributed by atoms with Gasteiger partial charge < -0.3 is 14.9 Å². The Morgan fingerprint density at radius 2 is 1.61 bits per heavy atom. The molecule has 1 heterocycles. The highest BCUT2D eigenvalue weighted by atomic mass is 16.6. The first-order chi connectivity index (χ1) is 15.1. The third kappa shape index (κ3) is 4.38. The van der Waals surface area contributed by atoms with E-state index in [1.165, 1.54) is 24.8 Å². The predicted octanol–water partition coefficient (Wildman–Crippen LogP) is 7.05. The van der Waals surface area contributed by atoms with Gasteiger partial charge in [-0.1, -0.05) is 39.3 Å². The van der Waals surface area contributed by atoms with E-state index >= 15 is 0 Å². The lowest BCUT2D eigenvalue weighted by molar-refractivity contribution is -0.180. The Bertz CT molecular complexity index is 765. The molecule has 0 bridgehead atoms. The molecule has 0 radical (unpaired) electrons. The molecule has 4 aliphatic rings. The van der Waals surface area contributed by atoms with Crippen LogP contribution in [0.25, 0.3) is 0 Å². The lowest BCUT2D eigenvalue weighted by atomic mass is 9.42. The van der Waals surface area contributed by atoms with Crippen molar-refractivity contribution in [2.24, 2.45) is 34.0 Å². The van der Waals surface area contributed by atoms with E-state index in [1.807, 2.05) is 0 Å². The van der Waals surface area contributed by atoms with Crippen molar-refractivity contribution in [1.82, 2.24) is 0 Å². The molecule has 3 aliphatic carbocycles. The summed E-state index contributed by atoms with van der Waals surface area (Å²) in [7, 11) is 0. The summed E-state index contributed by atoms with van der Waals surface area (Å²) in [5.41, 5.74) is 1.40. The van der Waals surface area contributed by atoms with Crippen LogP contribution in [0.5, 0.6) is 0 Å². The summed E-state index contributed by atoms with van der Waals surface area (Å²) < 4.78 is 5.73. The molecule has 3 heteroatoms. The Labute approximate surface area is 203 Å². The first-order valence-electron chi connectivity index (χ1n) is 13.9. The van der Waals surface area contributed by atoms with Crippen LogP contribution < -0.4 is 0 Å². The lowest BCUT2D eigenvalue weighted by Crippen LogP contribution is -2.59. The van der Waals surface area contributed by atoms with Crippen LogP contribution in [0, 0.1) is 34.0 Å². The number of aliphatic hydroxyl groups is 2. The second kappa shape index (κ2) is 8.34. The maximum absolute atomic E-state index is 11.8. The zero-order chi connectivity index (χ0) is 24.4. The molecule has 3 saturated carbocycles. The zero-order valence-corrected chi connectivity index (χ0v) is 22.8. The maximum Gasteiger partial charge on any atom is 0.0892 e. The minimum Gasteiger partial charge on any atom is -0.393 e. The van der Waals surface area contributed by atoms with Crippen molar-refractivity contribution in [3.05, 3.63) is 11.6 Å². The van der Waals surface area contributed by atoms with Crippen LogP contribution >= 0.6 is 0 Å².